The van der Waals surface area contributed by atoms with Crippen molar-refractivity contribution < 1.29 is 18.3 Å². The van der Waals surface area contributed by atoms with Crippen molar-refractivity contribution in [1.29, 1.82) is 0 Å². The van der Waals surface area contributed by atoms with Crippen LogP contribution in [0.5, 0.6) is 11.5 Å². The zero-order valence-corrected chi connectivity index (χ0v) is 14.7. The number of rotatable bonds is 4. The van der Waals surface area contributed by atoms with E-state index in [1.807, 2.05) is 6.92 Å². The molecule has 2 aromatic carbocycles. The number of phenolic OH excluding ortho intramolecular Hbond substituents is 1. The Kier molecular flexibility index (Phi) is 4.56. The second-order valence-corrected chi connectivity index (χ2v) is 7.20. The third-order valence-electron chi connectivity index (χ3n) is 3.93. The molecule has 0 amide bonds. The van der Waals surface area contributed by atoms with Gasteiger partial charge in [-0.3, -0.25) is 4.72 Å². The van der Waals surface area contributed by atoms with Crippen molar-refractivity contribution in [2.45, 2.75) is 32.6 Å². The van der Waals surface area contributed by atoms with Crippen LogP contribution in [0.4, 0.5) is 5.69 Å². The first-order valence-corrected chi connectivity index (χ1v) is 8.63. The summed E-state index contributed by atoms with van der Waals surface area (Å²) in [5.41, 5.74) is 3.03. The maximum atomic E-state index is 12.8. The number of methoxy groups -OCH3 is 1. The molecule has 0 saturated carbocycles. The molecule has 124 valence electrons. The Morgan fingerprint density at radius 3 is 2.22 bits per heavy atom. The Morgan fingerprint density at radius 2 is 1.65 bits per heavy atom. The smallest absolute Gasteiger partial charge is 0.262 e. The lowest BCUT2D eigenvalue weighted by molar-refractivity contribution is 0.410. The van der Waals surface area contributed by atoms with E-state index in [-0.39, 0.29) is 10.6 Å². The molecule has 0 spiro atoms. The number of benzene rings is 2. The van der Waals surface area contributed by atoms with Crippen LogP contribution in [0, 0.1) is 27.7 Å². The maximum absolute atomic E-state index is 12.8. The van der Waals surface area contributed by atoms with Crippen molar-refractivity contribution in [2.24, 2.45) is 0 Å². The van der Waals surface area contributed by atoms with E-state index in [9.17, 15) is 13.5 Å². The van der Waals surface area contributed by atoms with Gasteiger partial charge in [0.1, 0.15) is 11.5 Å². The van der Waals surface area contributed by atoms with E-state index in [0.29, 0.717) is 28.1 Å². The highest BCUT2D eigenvalue weighted by Gasteiger charge is 2.23. The van der Waals surface area contributed by atoms with Gasteiger partial charge in [0.2, 0.25) is 0 Å². The zero-order chi connectivity index (χ0) is 17.4. The van der Waals surface area contributed by atoms with Gasteiger partial charge < -0.3 is 9.84 Å². The van der Waals surface area contributed by atoms with Crippen molar-refractivity contribution >= 4 is 15.7 Å². The molecule has 0 atom stereocenters. The molecule has 0 aromatic heterocycles. The number of sulfonamides is 1. The number of nitrogens with one attached hydrogen (secondary N) is 1. The van der Waals surface area contributed by atoms with Gasteiger partial charge in [-0.1, -0.05) is 6.07 Å². The van der Waals surface area contributed by atoms with E-state index in [4.69, 9.17) is 4.74 Å². The SMILES string of the molecule is COc1cc(C)c(S(=O)(=O)Nc2ccc(C)c(O)c2)c(C)c1C. The summed E-state index contributed by atoms with van der Waals surface area (Å²) in [6.07, 6.45) is 0. The lowest BCUT2D eigenvalue weighted by atomic mass is 10.1. The fourth-order valence-electron chi connectivity index (χ4n) is 2.53. The van der Waals surface area contributed by atoms with Crippen molar-refractivity contribution in [2.75, 3.05) is 11.8 Å². The van der Waals surface area contributed by atoms with E-state index in [2.05, 4.69) is 4.72 Å². The first-order valence-electron chi connectivity index (χ1n) is 7.14. The van der Waals surface area contributed by atoms with Gasteiger partial charge >= 0.3 is 0 Å². The summed E-state index contributed by atoms with van der Waals surface area (Å²) in [5.74, 6) is 0.705. The first-order chi connectivity index (χ1) is 10.7. The minimum absolute atomic E-state index is 0.0459. The number of aromatic hydroxyl groups is 1. The topological polar surface area (TPSA) is 75.6 Å². The fourth-order valence-corrected chi connectivity index (χ4v) is 4.10. The van der Waals surface area contributed by atoms with Crippen LogP contribution in [-0.4, -0.2) is 20.6 Å². The molecule has 5 nitrogen and oxygen atoms in total. The minimum atomic E-state index is -3.77. The average molecular weight is 335 g/mol. The van der Waals surface area contributed by atoms with Crippen LogP contribution in [0.3, 0.4) is 0 Å². The molecule has 0 fully saturated rings. The largest absolute Gasteiger partial charge is 0.508 e. The molecule has 0 unspecified atom stereocenters. The van der Waals surface area contributed by atoms with Crippen LogP contribution in [0.25, 0.3) is 0 Å². The molecule has 0 aliphatic carbocycles. The van der Waals surface area contributed by atoms with Crippen molar-refractivity contribution in [3.05, 3.63) is 46.5 Å². The third kappa shape index (κ3) is 3.27. The Bertz CT molecular complexity index is 857. The van der Waals surface area contributed by atoms with Crippen LogP contribution < -0.4 is 9.46 Å². The predicted octanol–water partition coefficient (Wildman–Crippen LogP) is 3.44. The molecule has 6 heteroatoms. The highest BCUT2D eigenvalue weighted by Crippen LogP contribution is 2.32. The lowest BCUT2D eigenvalue weighted by Gasteiger charge is -2.17. The average Bonchev–Trinajstić information content (AvgIpc) is 2.46. The molecule has 2 N–H and O–H groups in total. The number of aryl methyl sites for hydroxylation is 2. The molecule has 0 aliphatic heterocycles. The van der Waals surface area contributed by atoms with Gasteiger partial charge in [0, 0.05) is 6.07 Å². The fraction of sp³-hybridized carbons (Fsp3) is 0.294. The molecule has 2 rings (SSSR count). The third-order valence-corrected chi connectivity index (χ3v) is 5.60. The van der Waals surface area contributed by atoms with Crippen molar-refractivity contribution in [1.82, 2.24) is 0 Å². The second kappa shape index (κ2) is 6.12. The number of hydrogen-bond acceptors (Lipinski definition) is 4. The van der Waals surface area contributed by atoms with Crippen LogP contribution in [-0.2, 0) is 10.0 Å². The molecule has 23 heavy (non-hydrogen) atoms. The summed E-state index contributed by atoms with van der Waals surface area (Å²) < 4.78 is 33.3. The summed E-state index contributed by atoms with van der Waals surface area (Å²) in [5, 5.41) is 9.74. The van der Waals surface area contributed by atoms with Crippen molar-refractivity contribution in [3.63, 3.8) is 0 Å². The molecule has 2 aromatic rings. The van der Waals surface area contributed by atoms with E-state index in [0.717, 1.165) is 5.56 Å². The van der Waals surface area contributed by atoms with Crippen LogP contribution in [0.15, 0.2) is 29.2 Å². The normalized spacial score (nSPS) is 11.3. The predicted molar refractivity (Wildman–Crippen MR) is 90.9 cm³/mol. The molecule has 0 saturated heterocycles. The number of ether oxygens (including phenoxy) is 1. The number of hydrogen-bond donors (Lipinski definition) is 2. The summed E-state index contributed by atoms with van der Waals surface area (Å²) in [6.45, 7) is 7.06. The first kappa shape index (κ1) is 17.1. The van der Waals surface area contributed by atoms with Crippen LogP contribution >= 0.6 is 0 Å². The quantitative estimate of drug-likeness (QED) is 0.897. The highest BCUT2D eigenvalue weighted by atomic mass is 32.2. The van der Waals surface area contributed by atoms with Crippen molar-refractivity contribution in [3.8, 4) is 11.5 Å². The summed E-state index contributed by atoms with van der Waals surface area (Å²) in [7, 11) is -2.21. The number of anilines is 1. The molecular formula is C17H21NO4S. The Hall–Kier alpha value is -2.21. The van der Waals surface area contributed by atoms with Gasteiger partial charge in [-0.25, -0.2) is 8.42 Å². The van der Waals surface area contributed by atoms with E-state index < -0.39 is 10.0 Å². The van der Waals surface area contributed by atoms with Gasteiger partial charge in [0.15, 0.2) is 0 Å². The molecule has 0 aliphatic rings. The van der Waals surface area contributed by atoms with E-state index in [1.54, 1.807) is 46.1 Å². The number of phenols is 1. The van der Waals surface area contributed by atoms with Gasteiger partial charge in [-0.2, -0.15) is 0 Å². The Balaban J connectivity index is 2.52. The minimum Gasteiger partial charge on any atom is -0.508 e. The van der Waals surface area contributed by atoms with Gasteiger partial charge in [-0.15, -0.1) is 0 Å². The van der Waals surface area contributed by atoms with Crippen LogP contribution in [0.2, 0.25) is 0 Å². The van der Waals surface area contributed by atoms with Crippen LogP contribution in [0.1, 0.15) is 22.3 Å². The lowest BCUT2D eigenvalue weighted by Crippen LogP contribution is -2.16. The van der Waals surface area contributed by atoms with Gasteiger partial charge in [-0.05, 0) is 62.1 Å². The molecule has 0 heterocycles. The molecular weight excluding hydrogens is 314 g/mol. The molecule has 0 radical (unpaired) electrons. The highest BCUT2D eigenvalue weighted by molar-refractivity contribution is 7.92. The van der Waals surface area contributed by atoms with E-state index >= 15 is 0 Å². The standard InChI is InChI=1S/C17H21NO4S/c1-10-6-7-14(9-15(10)19)18-23(20,21)17-11(2)8-16(22-5)12(3)13(17)4/h6-9,18-19H,1-5H3. The van der Waals surface area contributed by atoms with Gasteiger partial charge in [0.25, 0.3) is 10.0 Å². The molecule has 0 bridgehead atoms. The Morgan fingerprint density at radius 1 is 1.00 bits per heavy atom. The summed E-state index contributed by atoms with van der Waals surface area (Å²) in [6, 6.07) is 6.39. The van der Waals surface area contributed by atoms with E-state index in [1.165, 1.54) is 6.07 Å². The second-order valence-electron chi connectivity index (χ2n) is 5.58. The Labute approximate surface area is 137 Å². The maximum Gasteiger partial charge on any atom is 0.262 e. The monoisotopic (exact) mass is 335 g/mol. The summed E-state index contributed by atoms with van der Waals surface area (Å²) >= 11 is 0. The summed E-state index contributed by atoms with van der Waals surface area (Å²) in [4.78, 5) is 0.232. The zero-order valence-electron chi connectivity index (χ0n) is 13.9. The van der Waals surface area contributed by atoms with Gasteiger partial charge in [0.05, 0.1) is 17.7 Å².